The van der Waals surface area contributed by atoms with Crippen molar-refractivity contribution in [2.24, 2.45) is 0 Å². The van der Waals surface area contributed by atoms with E-state index in [0.29, 0.717) is 28.1 Å². The van der Waals surface area contributed by atoms with Crippen molar-refractivity contribution in [1.82, 2.24) is 10.2 Å². The van der Waals surface area contributed by atoms with Crippen LogP contribution in [0, 0.1) is 11.3 Å². The molecule has 0 saturated carbocycles. The SMILES string of the molecule is CCOc1cc(C#N)cc(Br)c1OCC(=O)NC1CCCN(Cc2ccccc2)C1. The molecule has 1 aliphatic heterocycles. The predicted molar refractivity (Wildman–Crippen MR) is 118 cm³/mol. The molecule has 0 spiro atoms. The van der Waals surface area contributed by atoms with Crippen LogP contribution >= 0.6 is 15.9 Å². The van der Waals surface area contributed by atoms with Gasteiger partial charge in [0.2, 0.25) is 0 Å². The van der Waals surface area contributed by atoms with E-state index in [1.165, 1.54) is 5.56 Å². The van der Waals surface area contributed by atoms with Gasteiger partial charge in [0.25, 0.3) is 5.91 Å². The minimum atomic E-state index is -0.166. The minimum Gasteiger partial charge on any atom is -0.490 e. The lowest BCUT2D eigenvalue weighted by Crippen LogP contribution is -2.48. The summed E-state index contributed by atoms with van der Waals surface area (Å²) in [5.41, 5.74) is 1.74. The summed E-state index contributed by atoms with van der Waals surface area (Å²) < 4.78 is 11.9. The van der Waals surface area contributed by atoms with Crippen molar-refractivity contribution >= 4 is 21.8 Å². The number of benzene rings is 2. The summed E-state index contributed by atoms with van der Waals surface area (Å²) in [6.45, 7) is 4.93. The summed E-state index contributed by atoms with van der Waals surface area (Å²) in [4.78, 5) is 14.9. The van der Waals surface area contributed by atoms with Crippen molar-refractivity contribution in [3.05, 3.63) is 58.1 Å². The van der Waals surface area contributed by atoms with Crippen LogP contribution in [0.2, 0.25) is 0 Å². The van der Waals surface area contributed by atoms with Crippen LogP contribution < -0.4 is 14.8 Å². The average Bonchev–Trinajstić information content (AvgIpc) is 2.74. The first-order valence-corrected chi connectivity index (χ1v) is 10.9. The molecule has 0 aliphatic carbocycles. The van der Waals surface area contributed by atoms with E-state index in [4.69, 9.17) is 14.7 Å². The molecule has 1 fully saturated rings. The Morgan fingerprint density at radius 1 is 1.30 bits per heavy atom. The monoisotopic (exact) mass is 471 g/mol. The van der Waals surface area contributed by atoms with Crippen LogP contribution in [0.25, 0.3) is 0 Å². The molecule has 0 aromatic heterocycles. The Morgan fingerprint density at radius 3 is 2.83 bits per heavy atom. The number of amides is 1. The van der Waals surface area contributed by atoms with E-state index in [2.05, 4.69) is 44.3 Å². The largest absolute Gasteiger partial charge is 0.490 e. The predicted octanol–water partition coefficient (Wildman–Crippen LogP) is 3.88. The number of likely N-dealkylation sites (tertiary alicyclic amines) is 1. The topological polar surface area (TPSA) is 74.6 Å². The molecule has 158 valence electrons. The van der Waals surface area contributed by atoms with Gasteiger partial charge < -0.3 is 14.8 Å². The first-order valence-electron chi connectivity index (χ1n) is 10.1. The Bertz CT molecular complexity index is 899. The highest BCUT2D eigenvalue weighted by molar-refractivity contribution is 9.10. The van der Waals surface area contributed by atoms with Gasteiger partial charge in [-0.2, -0.15) is 5.26 Å². The van der Waals surface area contributed by atoms with Crippen molar-refractivity contribution in [2.75, 3.05) is 26.3 Å². The Labute approximate surface area is 185 Å². The number of rotatable bonds is 8. The lowest BCUT2D eigenvalue weighted by atomic mass is 10.0. The lowest BCUT2D eigenvalue weighted by molar-refractivity contribution is -0.124. The molecule has 7 heteroatoms. The van der Waals surface area contributed by atoms with E-state index in [0.717, 1.165) is 32.5 Å². The Hall–Kier alpha value is -2.56. The zero-order chi connectivity index (χ0) is 21.3. The minimum absolute atomic E-state index is 0.106. The quantitative estimate of drug-likeness (QED) is 0.632. The third kappa shape index (κ3) is 6.22. The van der Waals surface area contributed by atoms with E-state index < -0.39 is 0 Å². The summed E-state index contributed by atoms with van der Waals surface area (Å²) in [5, 5.41) is 12.2. The summed E-state index contributed by atoms with van der Waals surface area (Å²) in [7, 11) is 0. The molecular formula is C23H26BrN3O3. The van der Waals surface area contributed by atoms with Gasteiger partial charge in [0.1, 0.15) is 0 Å². The van der Waals surface area contributed by atoms with Crippen LogP contribution in [0.4, 0.5) is 0 Å². The van der Waals surface area contributed by atoms with Gasteiger partial charge in [0, 0.05) is 25.2 Å². The molecule has 30 heavy (non-hydrogen) atoms. The van der Waals surface area contributed by atoms with Gasteiger partial charge >= 0.3 is 0 Å². The van der Waals surface area contributed by atoms with Gasteiger partial charge in [-0.05, 0) is 53.9 Å². The molecule has 2 aromatic rings. The molecular weight excluding hydrogens is 446 g/mol. The van der Waals surface area contributed by atoms with Crippen LogP contribution in [0.1, 0.15) is 30.9 Å². The first kappa shape index (κ1) is 22.1. The third-order valence-corrected chi connectivity index (χ3v) is 5.49. The highest BCUT2D eigenvalue weighted by atomic mass is 79.9. The standard InChI is InChI=1S/C23H26BrN3O3/c1-2-29-21-12-18(13-25)11-20(24)23(21)30-16-22(28)26-19-9-6-10-27(15-19)14-17-7-4-3-5-8-17/h3-5,7-8,11-12,19H,2,6,9-10,14-16H2,1H3,(H,26,28). The maximum atomic E-state index is 12.5. The van der Waals surface area contributed by atoms with E-state index in [9.17, 15) is 4.79 Å². The molecule has 3 rings (SSSR count). The van der Waals surface area contributed by atoms with Gasteiger partial charge in [-0.1, -0.05) is 30.3 Å². The van der Waals surface area contributed by atoms with Crippen LogP contribution in [0.3, 0.4) is 0 Å². The van der Waals surface area contributed by atoms with Gasteiger partial charge in [-0.3, -0.25) is 9.69 Å². The zero-order valence-corrected chi connectivity index (χ0v) is 18.7. The highest BCUT2D eigenvalue weighted by Gasteiger charge is 2.22. The van der Waals surface area contributed by atoms with Gasteiger partial charge in [-0.15, -0.1) is 0 Å². The van der Waals surface area contributed by atoms with Crippen LogP contribution in [-0.4, -0.2) is 43.2 Å². The van der Waals surface area contributed by atoms with Gasteiger partial charge in [0.05, 0.1) is 22.7 Å². The fourth-order valence-corrected chi connectivity index (χ4v) is 4.16. The molecule has 1 amide bonds. The maximum absolute atomic E-state index is 12.5. The summed E-state index contributed by atoms with van der Waals surface area (Å²) >= 11 is 3.40. The summed E-state index contributed by atoms with van der Waals surface area (Å²) in [6.07, 6.45) is 2.01. The maximum Gasteiger partial charge on any atom is 0.258 e. The molecule has 1 heterocycles. The Balaban J connectivity index is 1.54. The number of halogens is 1. The number of ether oxygens (including phenoxy) is 2. The number of hydrogen-bond acceptors (Lipinski definition) is 5. The van der Waals surface area contributed by atoms with E-state index in [1.807, 2.05) is 25.1 Å². The van der Waals surface area contributed by atoms with Gasteiger partial charge in [-0.25, -0.2) is 0 Å². The third-order valence-electron chi connectivity index (χ3n) is 4.91. The highest BCUT2D eigenvalue weighted by Crippen LogP contribution is 2.36. The van der Waals surface area contributed by atoms with Crippen molar-refractivity contribution in [1.29, 1.82) is 5.26 Å². The molecule has 1 N–H and O–H groups in total. The lowest BCUT2D eigenvalue weighted by Gasteiger charge is -2.33. The number of piperidine rings is 1. The summed E-state index contributed by atoms with van der Waals surface area (Å²) in [5.74, 6) is 0.712. The molecule has 0 radical (unpaired) electrons. The molecule has 6 nitrogen and oxygen atoms in total. The van der Waals surface area contributed by atoms with Crippen LogP contribution in [0.15, 0.2) is 46.9 Å². The molecule has 0 bridgehead atoms. The second kappa shape index (κ2) is 11.0. The van der Waals surface area contributed by atoms with Crippen molar-refractivity contribution < 1.29 is 14.3 Å². The smallest absolute Gasteiger partial charge is 0.258 e. The first-order chi connectivity index (χ1) is 14.6. The Kier molecular flexibility index (Phi) is 8.12. The number of carbonyl (C=O) groups excluding carboxylic acids is 1. The number of carbonyl (C=O) groups is 1. The van der Waals surface area contributed by atoms with E-state index in [1.54, 1.807) is 12.1 Å². The fourth-order valence-electron chi connectivity index (χ4n) is 3.60. The molecule has 1 saturated heterocycles. The number of nitrogens with one attached hydrogen (secondary N) is 1. The average molecular weight is 472 g/mol. The van der Waals surface area contributed by atoms with E-state index >= 15 is 0 Å². The van der Waals surface area contributed by atoms with Crippen LogP contribution in [0.5, 0.6) is 11.5 Å². The normalized spacial score (nSPS) is 16.5. The Morgan fingerprint density at radius 2 is 2.10 bits per heavy atom. The summed E-state index contributed by atoms with van der Waals surface area (Å²) in [6, 6.07) is 15.8. The second-order valence-corrected chi connectivity index (χ2v) is 8.10. The molecule has 2 aromatic carbocycles. The number of hydrogen-bond donors (Lipinski definition) is 1. The zero-order valence-electron chi connectivity index (χ0n) is 17.1. The second-order valence-electron chi connectivity index (χ2n) is 7.25. The van der Waals surface area contributed by atoms with Crippen LogP contribution in [-0.2, 0) is 11.3 Å². The van der Waals surface area contributed by atoms with Crippen molar-refractivity contribution in [3.63, 3.8) is 0 Å². The molecule has 1 aliphatic rings. The van der Waals surface area contributed by atoms with Crippen molar-refractivity contribution in [3.8, 4) is 17.6 Å². The number of nitrogens with zero attached hydrogens (tertiary/aromatic N) is 2. The molecule has 1 unspecified atom stereocenters. The van der Waals surface area contributed by atoms with Crippen molar-refractivity contribution in [2.45, 2.75) is 32.4 Å². The van der Waals surface area contributed by atoms with Gasteiger partial charge in [0.15, 0.2) is 18.1 Å². The number of nitriles is 1. The van der Waals surface area contributed by atoms with E-state index in [-0.39, 0.29) is 18.6 Å². The fraction of sp³-hybridized carbons (Fsp3) is 0.391. The molecule has 1 atom stereocenters.